The molecule has 1 saturated heterocycles. The molecule has 1 aliphatic rings. The Morgan fingerprint density at radius 1 is 1.00 bits per heavy atom. The van der Waals surface area contributed by atoms with E-state index >= 15 is 0 Å². The molecule has 12 nitrogen and oxygen atoms in total. The van der Waals surface area contributed by atoms with Crippen LogP contribution in [0.3, 0.4) is 0 Å². The van der Waals surface area contributed by atoms with Crippen molar-refractivity contribution >= 4 is 17.8 Å². The molecule has 192 valence electrons. The number of aliphatic carboxylic acids is 2. The van der Waals surface area contributed by atoms with Gasteiger partial charge >= 0.3 is 11.9 Å². The Morgan fingerprint density at radius 3 is 2.09 bits per heavy atom. The van der Waals surface area contributed by atoms with E-state index in [1.165, 1.54) is 0 Å². The third kappa shape index (κ3) is 8.53. The van der Waals surface area contributed by atoms with Crippen LogP contribution in [0.4, 0.5) is 5.82 Å². The van der Waals surface area contributed by atoms with E-state index in [9.17, 15) is 9.59 Å². The zero-order valence-electron chi connectivity index (χ0n) is 19.9. The van der Waals surface area contributed by atoms with Crippen LogP contribution >= 0.6 is 0 Å². The number of anilines is 1. The van der Waals surface area contributed by atoms with Crippen LogP contribution in [0.5, 0.6) is 0 Å². The van der Waals surface area contributed by atoms with E-state index in [4.69, 9.17) is 25.2 Å². The first-order valence-electron chi connectivity index (χ1n) is 11.1. The van der Waals surface area contributed by atoms with Crippen molar-refractivity contribution in [1.29, 1.82) is 0 Å². The lowest BCUT2D eigenvalue weighted by molar-refractivity contribution is -0.165. The maximum atomic E-state index is 9.77. The second-order valence-electron chi connectivity index (χ2n) is 7.86. The normalized spacial score (nSPS) is 15.6. The van der Waals surface area contributed by atoms with Crippen molar-refractivity contribution in [3.8, 4) is 11.3 Å². The number of piperazine rings is 1. The Kier molecular flexibility index (Phi) is 11.5. The zero-order chi connectivity index (χ0) is 25.8. The van der Waals surface area contributed by atoms with Gasteiger partial charge in [-0.25, -0.2) is 14.6 Å². The molecule has 0 radical (unpaired) electrons. The fraction of sp³-hybridized carbons (Fsp3) is 0.478. The third-order valence-corrected chi connectivity index (χ3v) is 5.37. The van der Waals surface area contributed by atoms with Gasteiger partial charge in [0, 0.05) is 64.3 Å². The van der Waals surface area contributed by atoms with Crippen LogP contribution in [0.1, 0.15) is 5.56 Å². The summed E-state index contributed by atoms with van der Waals surface area (Å²) in [5, 5.41) is 35.7. The Balaban J connectivity index is 0.000000367. The molecule has 1 fully saturated rings. The Labute approximate surface area is 203 Å². The van der Waals surface area contributed by atoms with Gasteiger partial charge < -0.3 is 35.4 Å². The summed E-state index contributed by atoms with van der Waals surface area (Å²) in [6.07, 6.45) is -0.980. The number of hydrogen-bond acceptors (Lipinski definition) is 10. The summed E-state index contributed by atoms with van der Waals surface area (Å²) in [6, 6.07) is 8.38. The predicted octanol–water partition coefficient (Wildman–Crippen LogP) is -0.491. The molecule has 0 aliphatic carbocycles. The van der Waals surface area contributed by atoms with E-state index in [0.29, 0.717) is 6.61 Å². The lowest BCUT2D eigenvalue weighted by Crippen LogP contribution is -2.48. The minimum atomic E-state index is -2.27. The Morgan fingerprint density at radius 2 is 1.57 bits per heavy atom. The lowest BCUT2D eigenvalue weighted by Gasteiger charge is -2.35. The third-order valence-electron chi connectivity index (χ3n) is 5.37. The number of aliphatic hydroxyl groups excluding tert-OH is 2. The van der Waals surface area contributed by atoms with E-state index in [1.807, 2.05) is 7.05 Å². The van der Waals surface area contributed by atoms with Gasteiger partial charge in [-0.05, 0) is 12.6 Å². The molecule has 1 aromatic heterocycles. The number of ether oxygens (including phenoxy) is 1. The molecule has 0 saturated carbocycles. The molecule has 35 heavy (non-hydrogen) atoms. The van der Waals surface area contributed by atoms with Crippen molar-refractivity contribution in [3.63, 3.8) is 0 Å². The highest BCUT2D eigenvalue weighted by atomic mass is 16.5. The van der Waals surface area contributed by atoms with Gasteiger partial charge in [-0.3, -0.25) is 9.88 Å². The van der Waals surface area contributed by atoms with Gasteiger partial charge in [0.15, 0.2) is 18.0 Å². The topological polar surface area (TPSA) is 169 Å². The fourth-order valence-electron chi connectivity index (χ4n) is 3.41. The summed E-state index contributed by atoms with van der Waals surface area (Å²) in [7, 11) is 3.71. The van der Waals surface area contributed by atoms with E-state index in [-0.39, 0.29) is 0 Å². The van der Waals surface area contributed by atoms with E-state index in [2.05, 4.69) is 49.4 Å². The number of methoxy groups -OCH3 is 1. The Hall–Kier alpha value is -3.16. The van der Waals surface area contributed by atoms with Gasteiger partial charge in [-0.1, -0.05) is 24.3 Å². The van der Waals surface area contributed by atoms with Gasteiger partial charge in [-0.15, -0.1) is 0 Å². The van der Waals surface area contributed by atoms with Gasteiger partial charge in [0.2, 0.25) is 0 Å². The molecule has 2 unspecified atom stereocenters. The van der Waals surface area contributed by atoms with Gasteiger partial charge in [0.1, 0.15) is 5.69 Å². The molecule has 0 bridgehead atoms. The summed E-state index contributed by atoms with van der Waals surface area (Å²) in [5.74, 6) is -2.56. The highest BCUT2D eigenvalue weighted by Gasteiger charge is 2.29. The van der Waals surface area contributed by atoms with Crippen LogP contribution in [0.15, 0.2) is 36.7 Å². The number of nitrogens with zero attached hydrogens (tertiary/aromatic N) is 4. The van der Waals surface area contributed by atoms with Crippen molar-refractivity contribution in [2.75, 3.05) is 58.3 Å². The van der Waals surface area contributed by atoms with Gasteiger partial charge in [0.25, 0.3) is 0 Å². The summed E-state index contributed by atoms with van der Waals surface area (Å²) in [6.45, 7) is 6.84. The quantitative estimate of drug-likeness (QED) is 0.290. The number of carboxylic acid groups (broad SMARTS) is 2. The van der Waals surface area contributed by atoms with Gasteiger partial charge in [-0.2, -0.15) is 0 Å². The molecule has 5 N–H and O–H groups in total. The fourth-order valence-corrected chi connectivity index (χ4v) is 3.41. The molecule has 12 heteroatoms. The van der Waals surface area contributed by atoms with Gasteiger partial charge in [0.05, 0.1) is 6.61 Å². The van der Waals surface area contributed by atoms with Crippen LogP contribution in [-0.4, -0.2) is 113 Å². The summed E-state index contributed by atoms with van der Waals surface area (Å²) < 4.78 is 5.19. The van der Waals surface area contributed by atoms with E-state index in [0.717, 1.165) is 61.9 Å². The van der Waals surface area contributed by atoms with E-state index < -0.39 is 24.1 Å². The predicted molar refractivity (Wildman–Crippen MR) is 128 cm³/mol. The highest BCUT2D eigenvalue weighted by molar-refractivity contribution is 5.83. The number of nitrogens with one attached hydrogen (secondary N) is 1. The largest absolute Gasteiger partial charge is 0.479 e. The first-order valence-corrected chi connectivity index (χ1v) is 11.1. The van der Waals surface area contributed by atoms with Crippen LogP contribution in [0.25, 0.3) is 11.3 Å². The molecule has 1 aliphatic heterocycles. The second kappa shape index (κ2) is 14.3. The maximum absolute atomic E-state index is 9.77. The summed E-state index contributed by atoms with van der Waals surface area (Å²) in [5.41, 5.74) is 3.21. The molecular formula is C23H33N5O7. The number of benzene rings is 1. The number of aliphatic hydroxyl groups is 2. The average Bonchev–Trinajstić information content (AvgIpc) is 2.88. The standard InChI is InChI=1S/C19H27N5O.C4H6O6/c1-20-9-10-23-11-13-24(14-12-23)19-18(21-7-8-22-19)17-5-3-16(4-6-17)15-25-2;5-1(3(7)8)2(6)4(9)10/h3-8,20H,9-15H2,1-2H3;1-2,5-6H,(H,7,8)(H,9,10). The molecule has 2 atom stereocenters. The maximum Gasteiger partial charge on any atom is 0.335 e. The number of hydrogen-bond donors (Lipinski definition) is 5. The van der Waals surface area contributed by atoms with Crippen LogP contribution in [0.2, 0.25) is 0 Å². The second-order valence-corrected chi connectivity index (χ2v) is 7.86. The monoisotopic (exact) mass is 491 g/mol. The van der Waals surface area contributed by atoms with Crippen molar-refractivity contribution in [2.24, 2.45) is 0 Å². The number of aromatic nitrogens is 2. The first-order chi connectivity index (χ1) is 16.8. The van der Waals surface area contributed by atoms with Crippen LogP contribution < -0.4 is 10.2 Å². The van der Waals surface area contributed by atoms with Crippen molar-refractivity contribution < 1.29 is 34.8 Å². The van der Waals surface area contributed by atoms with Crippen LogP contribution in [0, 0.1) is 0 Å². The van der Waals surface area contributed by atoms with Crippen molar-refractivity contribution in [3.05, 3.63) is 42.2 Å². The van der Waals surface area contributed by atoms with E-state index in [1.54, 1.807) is 19.5 Å². The smallest absolute Gasteiger partial charge is 0.335 e. The minimum Gasteiger partial charge on any atom is -0.479 e. The molecule has 0 spiro atoms. The Bertz CT molecular complexity index is 918. The molecule has 1 aromatic carbocycles. The average molecular weight is 492 g/mol. The molecule has 0 amide bonds. The zero-order valence-corrected chi connectivity index (χ0v) is 19.9. The highest BCUT2D eigenvalue weighted by Crippen LogP contribution is 2.27. The van der Waals surface area contributed by atoms with Crippen molar-refractivity contribution in [1.82, 2.24) is 20.2 Å². The first kappa shape index (κ1) is 28.1. The SMILES string of the molecule is CNCCN1CCN(c2nccnc2-c2ccc(COC)cc2)CC1.O=C(O)C(O)C(O)C(=O)O. The van der Waals surface area contributed by atoms with Crippen molar-refractivity contribution in [2.45, 2.75) is 18.8 Å². The van der Waals surface area contributed by atoms with Crippen LogP contribution in [-0.2, 0) is 20.9 Å². The number of likely N-dealkylation sites (N-methyl/N-ethyl adjacent to an activating group) is 1. The summed E-state index contributed by atoms with van der Waals surface area (Å²) in [4.78, 5) is 33.6. The number of rotatable bonds is 10. The molecule has 2 heterocycles. The minimum absolute atomic E-state index is 0.627. The molecular weight excluding hydrogens is 458 g/mol. The molecule has 2 aromatic rings. The number of carboxylic acids is 2. The number of carbonyl (C=O) groups is 2. The summed E-state index contributed by atoms with van der Waals surface area (Å²) >= 11 is 0. The molecule has 3 rings (SSSR count). The lowest BCUT2D eigenvalue weighted by atomic mass is 10.1.